The monoisotopic (exact) mass is 377 g/mol. The van der Waals surface area contributed by atoms with Gasteiger partial charge in [-0.2, -0.15) is 0 Å². The molecule has 1 aliphatic heterocycles. The molecule has 0 aliphatic carbocycles. The van der Waals surface area contributed by atoms with Crippen molar-refractivity contribution in [2.75, 3.05) is 13.2 Å². The molecule has 0 bridgehead atoms. The van der Waals surface area contributed by atoms with Gasteiger partial charge in [0.05, 0.1) is 12.6 Å². The maximum absolute atomic E-state index is 12.8. The third-order valence-corrected chi connectivity index (χ3v) is 4.77. The Balaban J connectivity index is 2.01. The number of carboxylic acids is 1. The van der Waals surface area contributed by atoms with Crippen molar-refractivity contribution in [1.29, 1.82) is 1.43 Å². The molecule has 1 fully saturated rings. The van der Waals surface area contributed by atoms with Crippen LogP contribution in [0.5, 0.6) is 0 Å². The summed E-state index contributed by atoms with van der Waals surface area (Å²) in [7, 11) is 0. The average Bonchev–Trinajstić information content (AvgIpc) is 3.20. The molecule has 0 saturated carbocycles. The van der Waals surface area contributed by atoms with Crippen LogP contribution >= 0.6 is 0 Å². The largest absolute Gasteiger partial charge is 0.480 e. The fraction of sp³-hybridized carbons (Fsp3) is 0.550. The molecule has 7 nitrogen and oxygen atoms in total. The van der Waals surface area contributed by atoms with Crippen LogP contribution in [0, 0.1) is 0 Å². The van der Waals surface area contributed by atoms with Crippen LogP contribution in [-0.4, -0.2) is 59.1 Å². The van der Waals surface area contributed by atoms with Crippen molar-refractivity contribution >= 4 is 17.8 Å². The summed E-state index contributed by atoms with van der Waals surface area (Å²) in [6.45, 7) is 4.09. The summed E-state index contributed by atoms with van der Waals surface area (Å²) in [5.41, 5.74) is 1.09. The third-order valence-electron chi connectivity index (χ3n) is 4.77. The second-order valence-corrected chi connectivity index (χ2v) is 6.73. The summed E-state index contributed by atoms with van der Waals surface area (Å²) >= 11 is 0. The lowest BCUT2D eigenvalue weighted by Gasteiger charge is -2.27. The zero-order valence-electron chi connectivity index (χ0n) is 16.8. The summed E-state index contributed by atoms with van der Waals surface area (Å²) in [5.74, 6) is -1.42. The molecule has 1 saturated heterocycles. The van der Waals surface area contributed by atoms with Crippen LogP contribution in [0.25, 0.3) is 1.43 Å². The summed E-state index contributed by atoms with van der Waals surface area (Å²) in [5, 5.41) is 7.12. The number of benzene rings is 1. The van der Waals surface area contributed by atoms with Gasteiger partial charge in [0, 0.05) is 6.54 Å². The molecule has 1 aromatic carbocycles. The smallest absolute Gasteiger partial charge is 0.326 e. The van der Waals surface area contributed by atoms with E-state index in [1.807, 2.05) is 30.3 Å². The molecule has 0 unspecified atom stereocenters. The molecule has 2 rings (SSSR count). The zero-order chi connectivity index (χ0) is 20.5. The number of aryl methyl sites for hydroxylation is 1. The first kappa shape index (κ1) is 19.4. The van der Waals surface area contributed by atoms with Gasteiger partial charge in [0.25, 0.3) is 1.43 Å². The topological polar surface area (TPSA) is 95.9 Å². The van der Waals surface area contributed by atoms with E-state index in [1.165, 1.54) is 4.90 Å². The van der Waals surface area contributed by atoms with Gasteiger partial charge in [0.1, 0.15) is 12.1 Å². The molecule has 0 aromatic heterocycles. The Bertz CT molecular complexity index is 670. The van der Waals surface area contributed by atoms with Crippen molar-refractivity contribution in [3.63, 3.8) is 0 Å². The first-order valence-corrected chi connectivity index (χ1v) is 9.42. The van der Waals surface area contributed by atoms with E-state index in [-0.39, 0.29) is 12.5 Å². The Morgan fingerprint density at radius 1 is 1.37 bits per heavy atom. The quantitative estimate of drug-likeness (QED) is 0.635. The minimum absolute atomic E-state index is 0.258. The van der Waals surface area contributed by atoms with Crippen molar-refractivity contribution in [2.45, 2.75) is 57.7 Å². The second-order valence-electron chi connectivity index (χ2n) is 6.73. The van der Waals surface area contributed by atoms with Gasteiger partial charge in [-0.15, -0.1) is 0 Å². The number of carboxylic acid groups (broad SMARTS) is 1. The van der Waals surface area contributed by atoms with E-state index < -0.39 is 30.1 Å². The molecule has 27 heavy (non-hydrogen) atoms. The van der Waals surface area contributed by atoms with Crippen molar-refractivity contribution < 1.29 is 24.2 Å². The Morgan fingerprint density at radius 3 is 2.78 bits per heavy atom. The Hall–Kier alpha value is -2.41. The lowest BCUT2D eigenvalue weighted by molar-refractivity contribution is -0.150. The van der Waals surface area contributed by atoms with E-state index in [9.17, 15) is 14.4 Å². The summed E-state index contributed by atoms with van der Waals surface area (Å²) in [4.78, 5) is 38.3. The van der Waals surface area contributed by atoms with Crippen LogP contribution in [0.3, 0.4) is 0 Å². The van der Waals surface area contributed by atoms with E-state index in [1.54, 1.807) is 13.8 Å². The predicted octanol–water partition coefficient (Wildman–Crippen LogP) is 1.60. The molecule has 148 valence electrons. The lowest BCUT2D eigenvalue weighted by Crippen LogP contribution is -2.53. The standard InChI is InChI=1S/C20H28N2O5/c1-3-27-20(26)16(12-11-15-8-5-4-6-9-15)21-14(2)18(23)22-13-7-10-17(22)19(24)25/h4-6,8-9,14,16-17,21H,3,7,10-13H2,1-2H3,(H,24,25)/t14-,16-,17-/m0/s1/i/hD. The highest BCUT2D eigenvalue weighted by molar-refractivity contribution is 5.88. The van der Waals surface area contributed by atoms with Crippen LogP contribution < -0.4 is 5.32 Å². The number of ether oxygens (including phenoxy) is 1. The van der Waals surface area contributed by atoms with Gasteiger partial charge in [-0.3, -0.25) is 14.9 Å². The molecule has 1 aromatic rings. The summed E-state index contributed by atoms with van der Waals surface area (Å²) in [6, 6.07) is 7.73. The average molecular weight is 377 g/mol. The third kappa shape index (κ3) is 5.79. The van der Waals surface area contributed by atoms with Gasteiger partial charge < -0.3 is 14.7 Å². The molecule has 2 N–H and O–H groups in total. The second kappa shape index (κ2) is 10.1. The maximum Gasteiger partial charge on any atom is 0.326 e. The normalized spacial score (nSPS) is 19.1. The molecule has 3 atom stereocenters. The first-order valence-electron chi connectivity index (χ1n) is 9.82. The fourth-order valence-electron chi connectivity index (χ4n) is 3.37. The van der Waals surface area contributed by atoms with E-state index in [4.69, 9.17) is 6.17 Å². The number of hydrogen-bond donors (Lipinski definition) is 2. The number of aliphatic carboxylic acids is 1. The van der Waals surface area contributed by atoms with E-state index in [2.05, 4.69) is 10.4 Å². The minimum Gasteiger partial charge on any atom is -0.480 e. The molecule has 1 aliphatic rings. The molecule has 1 amide bonds. The SMILES string of the molecule is [2H]OC(=O)[C@@H]1CCCN1C(=O)[C@H](C)N[C@@H](CCc1ccccc1)C(=O)OCC. The van der Waals surface area contributed by atoms with Crippen LogP contribution in [0.15, 0.2) is 30.3 Å². The molecule has 7 heteroatoms. The Morgan fingerprint density at radius 2 is 2.11 bits per heavy atom. The number of amides is 1. The first-order chi connectivity index (χ1) is 13.5. The van der Waals surface area contributed by atoms with Crippen molar-refractivity contribution in [2.24, 2.45) is 0 Å². The highest BCUT2D eigenvalue weighted by atomic mass is 16.5. The minimum atomic E-state index is -0.736. The fourth-order valence-corrected chi connectivity index (χ4v) is 3.37. The predicted molar refractivity (Wildman–Crippen MR) is 100 cm³/mol. The van der Waals surface area contributed by atoms with Crippen LogP contribution in [-0.2, 0) is 25.5 Å². The Kier molecular flexibility index (Phi) is 7.21. The summed E-state index contributed by atoms with van der Waals surface area (Å²) < 4.78 is 11.9. The number of nitrogens with zero attached hydrogens (tertiary/aromatic N) is 1. The van der Waals surface area contributed by atoms with E-state index in [0.717, 1.165) is 5.56 Å². The van der Waals surface area contributed by atoms with Gasteiger partial charge >= 0.3 is 11.9 Å². The molecule has 0 spiro atoms. The molecular weight excluding hydrogens is 348 g/mol. The van der Waals surface area contributed by atoms with Crippen LogP contribution in [0.4, 0.5) is 0 Å². The van der Waals surface area contributed by atoms with Gasteiger partial charge in [-0.25, -0.2) is 4.79 Å². The van der Waals surface area contributed by atoms with Crippen molar-refractivity contribution in [3.05, 3.63) is 35.9 Å². The number of carbonyl (C=O) groups is 3. The number of hydrogen-bond acceptors (Lipinski definition) is 6. The van der Waals surface area contributed by atoms with Gasteiger partial charge in [-0.1, -0.05) is 30.3 Å². The maximum atomic E-state index is 12.8. The number of rotatable bonds is 9. The van der Waals surface area contributed by atoms with Crippen molar-refractivity contribution in [3.8, 4) is 0 Å². The van der Waals surface area contributed by atoms with Crippen molar-refractivity contribution in [1.82, 2.24) is 10.2 Å². The number of carbonyl (C=O) groups excluding carboxylic acids is 2. The Labute approximate surface area is 161 Å². The van der Waals surface area contributed by atoms with Gasteiger partial charge in [-0.05, 0) is 45.1 Å². The van der Waals surface area contributed by atoms with Gasteiger partial charge in [0.15, 0.2) is 0 Å². The molecule has 0 radical (unpaired) electrons. The van der Waals surface area contributed by atoms with E-state index in [0.29, 0.717) is 32.2 Å². The molecular formula is C20H28N2O5. The number of esters is 1. The number of likely N-dealkylation sites (tertiary alicyclic amines) is 1. The highest BCUT2D eigenvalue weighted by Crippen LogP contribution is 2.19. The van der Waals surface area contributed by atoms with E-state index >= 15 is 0 Å². The van der Waals surface area contributed by atoms with Crippen LogP contribution in [0.1, 0.15) is 38.7 Å². The molecule has 1 heterocycles. The highest BCUT2D eigenvalue weighted by Gasteiger charge is 2.36. The number of nitrogens with one attached hydrogen (secondary N) is 1. The summed E-state index contributed by atoms with van der Waals surface area (Å²) in [6.07, 6.45) is 2.30. The zero-order valence-corrected chi connectivity index (χ0v) is 15.8. The van der Waals surface area contributed by atoms with Gasteiger partial charge in [0.2, 0.25) is 5.91 Å². The lowest BCUT2D eigenvalue weighted by atomic mass is 10.0. The van der Waals surface area contributed by atoms with Crippen LogP contribution in [0.2, 0.25) is 0 Å².